The highest BCUT2D eigenvalue weighted by Gasteiger charge is 2.36. The third-order valence-electron chi connectivity index (χ3n) is 4.73. The molecule has 0 spiro atoms. The Bertz CT molecular complexity index is 894. The summed E-state index contributed by atoms with van der Waals surface area (Å²) in [4.78, 5) is 39.0. The summed E-state index contributed by atoms with van der Waals surface area (Å²) in [6.07, 6.45) is -1.36. The van der Waals surface area contributed by atoms with Crippen LogP contribution in [0.15, 0.2) is 12.1 Å². The quantitative estimate of drug-likeness (QED) is 0.485. The van der Waals surface area contributed by atoms with E-state index in [1.165, 1.54) is 19.1 Å². The van der Waals surface area contributed by atoms with Gasteiger partial charge in [0.05, 0.1) is 46.2 Å². The number of amides is 2. The smallest absolute Gasteiger partial charge is 0.414 e. The van der Waals surface area contributed by atoms with Gasteiger partial charge in [-0.25, -0.2) is 13.6 Å². The van der Waals surface area contributed by atoms with Crippen molar-refractivity contribution in [1.29, 1.82) is 0 Å². The van der Waals surface area contributed by atoms with Crippen molar-refractivity contribution in [3.63, 3.8) is 0 Å². The maximum atomic E-state index is 14.8. The maximum absolute atomic E-state index is 14.8. The summed E-state index contributed by atoms with van der Waals surface area (Å²) in [6.45, 7) is -0.590. The van der Waals surface area contributed by atoms with Crippen LogP contribution >= 0.6 is 12.2 Å². The SMILES string of the molecule is COC(=O)CN1CN(c2c(F)cc(N3C[C@H](CNC(=S)OC)OC3=O)cc2F)CC1=O. The molecule has 2 fully saturated rings. The number of cyclic esters (lactones) is 1. The van der Waals surface area contributed by atoms with Gasteiger partial charge in [0, 0.05) is 12.1 Å². The van der Waals surface area contributed by atoms with Crippen LogP contribution in [0.3, 0.4) is 0 Å². The average Bonchev–Trinajstić information content (AvgIpc) is 3.27. The van der Waals surface area contributed by atoms with Crippen LogP contribution < -0.4 is 15.1 Å². The molecule has 1 N–H and O–H groups in total. The van der Waals surface area contributed by atoms with Gasteiger partial charge in [0.1, 0.15) is 18.3 Å². The minimum Gasteiger partial charge on any atom is -0.474 e. The fraction of sp³-hybridized carbons (Fsp3) is 0.444. The van der Waals surface area contributed by atoms with Crippen molar-refractivity contribution in [3.05, 3.63) is 23.8 Å². The lowest BCUT2D eigenvalue weighted by Gasteiger charge is -2.21. The normalized spacial score (nSPS) is 18.3. The van der Waals surface area contributed by atoms with Crippen molar-refractivity contribution in [3.8, 4) is 0 Å². The minimum atomic E-state index is -0.961. The number of ether oxygens (including phenoxy) is 3. The van der Waals surface area contributed by atoms with Gasteiger partial charge in [-0.3, -0.25) is 14.5 Å². The third kappa shape index (κ3) is 4.93. The second-order valence-electron chi connectivity index (χ2n) is 6.75. The van der Waals surface area contributed by atoms with E-state index in [4.69, 9.17) is 21.7 Å². The average molecular weight is 458 g/mol. The first-order valence-electron chi connectivity index (χ1n) is 9.12. The Kier molecular flexibility index (Phi) is 6.73. The first-order valence-corrected chi connectivity index (χ1v) is 9.52. The number of hydrogen-bond acceptors (Lipinski definition) is 8. The second-order valence-corrected chi connectivity index (χ2v) is 7.12. The number of hydrogen-bond donors (Lipinski definition) is 1. The molecule has 1 atom stereocenters. The summed E-state index contributed by atoms with van der Waals surface area (Å²) in [5, 5.41) is 2.87. The molecule has 0 bridgehead atoms. The van der Waals surface area contributed by atoms with Crippen LogP contribution in [0.2, 0.25) is 0 Å². The predicted molar refractivity (Wildman–Crippen MR) is 108 cm³/mol. The first kappa shape index (κ1) is 22.5. The summed E-state index contributed by atoms with van der Waals surface area (Å²) in [5.41, 5.74) is -0.460. The van der Waals surface area contributed by atoms with Crippen molar-refractivity contribution in [2.45, 2.75) is 6.10 Å². The zero-order valence-electron chi connectivity index (χ0n) is 16.7. The fourth-order valence-corrected chi connectivity index (χ4v) is 3.31. The minimum absolute atomic E-state index is 0.0301. The summed E-state index contributed by atoms with van der Waals surface area (Å²) < 4.78 is 44.1. The molecule has 10 nitrogen and oxygen atoms in total. The van der Waals surface area contributed by atoms with Crippen molar-refractivity contribution >= 4 is 46.7 Å². The van der Waals surface area contributed by atoms with E-state index < -0.39 is 41.4 Å². The van der Waals surface area contributed by atoms with E-state index in [1.807, 2.05) is 0 Å². The standard InChI is InChI=1S/C18H20F2N4O6S/c1-28-15(26)8-22-9-23(7-14(22)25)16-12(19)3-10(4-13(16)20)24-6-11(30-18(24)27)5-21-17(31)29-2/h3-4,11H,5-9H2,1-2H3,(H,21,31)/t11-/m0/s1. The third-order valence-corrected chi connectivity index (χ3v) is 5.04. The number of thiocarbonyl (C=S) groups is 1. The molecule has 2 heterocycles. The van der Waals surface area contributed by atoms with Gasteiger partial charge in [0.25, 0.3) is 5.17 Å². The maximum Gasteiger partial charge on any atom is 0.414 e. The number of esters is 1. The molecule has 168 valence electrons. The molecule has 1 aromatic carbocycles. The lowest BCUT2D eigenvalue weighted by molar-refractivity contribution is -0.145. The van der Waals surface area contributed by atoms with E-state index in [0.29, 0.717) is 0 Å². The fourth-order valence-electron chi connectivity index (χ4n) is 3.22. The molecule has 2 aliphatic rings. The predicted octanol–water partition coefficient (Wildman–Crippen LogP) is 0.590. The molecule has 0 radical (unpaired) electrons. The number of halogens is 2. The van der Waals surface area contributed by atoms with Gasteiger partial charge in [0.15, 0.2) is 11.6 Å². The van der Waals surface area contributed by atoms with Gasteiger partial charge in [-0.2, -0.15) is 0 Å². The summed E-state index contributed by atoms with van der Waals surface area (Å²) in [6, 6.07) is 1.98. The summed E-state index contributed by atoms with van der Waals surface area (Å²) in [7, 11) is 2.56. The van der Waals surface area contributed by atoms with Crippen LogP contribution in [0.4, 0.5) is 25.0 Å². The largest absolute Gasteiger partial charge is 0.474 e. The molecule has 31 heavy (non-hydrogen) atoms. The molecule has 0 aromatic heterocycles. The number of rotatable bonds is 6. The van der Waals surface area contributed by atoms with Gasteiger partial charge in [0.2, 0.25) is 5.91 Å². The van der Waals surface area contributed by atoms with Crippen molar-refractivity contribution in [2.75, 3.05) is 56.9 Å². The van der Waals surface area contributed by atoms with Crippen molar-refractivity contribution in [1.82, 2.24) is 10.2 Å². The number of carbonyl (C=O) groups excluding carboxylic acids is 3. The molecule has 3 rings (SSSR count). The highest BCUT2D eigenvalue weighted by atomic mass is 32.1. The van der Waals surface area contributed by atoms with E-state index in [9.17, 15) is 23.2 Å². The van der Waals surface area contributed by atoms with Crippen LogP contribution in [0.1, 0.15) is 0 Å². The van der Waals surface area contributed by atoms with E-state index in [1.54, 1.807) is 0 Å². The van der Waals surface area contributed by atoms with E-state index in [-0.39, 0.29) is 43.7 Å². The Hall–Kier alpha value is -3.22. The van der Waals surface area contributed by atoms with E-state index in [0.717, 1.165) is 21.9 Å². The van der Waals surface area contributed by atoms with Gasteiger partial charge in [-0.15, -0.1) is 0 Å². The molecule has 1 aromatic rings. The Labute approximate surface area is 181 Å². The monoisotopic (exact) mass is 458 g/mol. The highest BCUT2D eigenvalue weighted by Crippen LogP contribution is 2.32. The summed E-state index contributed by atoms with van der Waals surface area (Å²) >= 11 is 4.85. The Balaban J connectivity index is 1.72. The van der Waals surface area contributed by atoms with Crippen molar-refractivity contribution in [2.24, 2.45) is 0 Å². The Morgan fingerprint density at radius 3 is 2.55 bits per heavy atom. The van der Waals surface area contributed by atoms with Gasteiger partial charge in [-0.1, -0.05) is 0 Å². The molecule has 2 amide bonds. The molecule has 2 aliphatic heterocycles. The molecular weight excluding hydrogens is 438 g/mol. The van der Waals surface area contributed by atoms with E-state index >= 15 is 0 Å². The highest BCUT2D eigenvalue weighted by molar-refractivity contribution is 7.80. The number of nitrogens with one attached hydrogen (secondary N) is 1. The van der Waals surface area contributed by atoms with Crippen LogP contribution in [0.5, 0.6) is 0 Å². The zero-order valence-corrected chi connectivity index (χ0v) is 17.5. The van der Waals surface area contributed by atoms with Crippen LogP contribution in [0.25, 0.3) is 0 Å². The molecule has 0 saturated carbocycles. The van der Waals surface area contributed by atoms with Crippen molar-refractivity contribution < 1.29 is 37.4 Å². The number of methoxy groups -OCH3 is 2. The number of carbonyl (C=O) groups is 3. The number of nitrogens with zero attached hydrogens (tertiary/aromatic N) is 3. The summed E-state index contributed by atoms with van der Waals surface area (Å²) in [5.74, 6) is -3.04. The lowest BCUT2D eigenvalue weighted by atomic mass is 10.2. The van der Waals surface area contributed by atoms with Crippen LogP contribution in [0, 0.1) is 11.6 Å². The van der Waals surface area contributed by atoms with Crippen LogP contribution in [-0.2, 0) is 23.8 Å². The molecular formula is C18H20F2N4O6S. The Morgan fingerprint density at radius 1 is 1.26 bits per heavy atom. The molecule has 0 unspecified atom stereocenters. The zero-order chi connectivity index (χ0) is 22.7. The van der Waals surface area contributed by atoms with Gasteiger partial charge in [-0.05, 0) is 12.2 Å². The van der Waals surface area contributed by atoms with E-state index in [2.05, 4.69) is 10.1 Å². The number of anilines is 2. The van der Waals surface area contributed by atoms with Gasteiger partial charge < -0.3 is 29.3 Å². The van der Waals surface area contributed by atoms with Gasteiger partial charge >= 0.3 is 12.1 Å². The van der Waals surface area contributed by atoms with Crippen LogP contribution in [-0.4, -0.2) is 81.2 Å². The second kappa shape index (κ2) is 9.29. The molecule has 13 heteroatoms. The topological polar surface area (TPSA) is 101 Å². The lowest BCUT2D eigenvalue weighted by Crippen LogP contribution is -2.34. The first-order chi connectivity index (χ1) is 14.7. The number of benzene rings is 1. The molecule has 0 aliphatic carbocycles. The molecule has 2 saturated heterocycles. The Morgan fingerprint density at radius 2 is 1.94 bits per heavy atom.